The van der Waals surface area contributed by atoms with E-state index in [4.69, 9.17) is 5.11 Å². The van der Waals surface area contributed by atoms with Crippen molar-refractivity contribution in [1.29, 1.82) is 0 Å². The zero-order chi connectivity index (χ0) is 12.8. The molecule has 1 atom stereocenters. The number of rotatable bonds is 5. The lowest BCUT2D eigenvalue weighted by Crippen LogP contribution is -2.06. The van der Waals surface area contributed by atoms with Crippen LogP contribution in [0.1, 0.15) is 41.6 Å². The summed E-state index contributed by atoms with van der Waals surface area (Å²) in [6.07, 6.45) is 0.859. The Morgan fingerprint density at radius 3 is 2.29 bits per heavy atom. The lowest BCUT2D eigenvalue weighted by atomic mass is 9.92. The number of aliphatic carboxylic acids is 1. The van der Waals surface area contributed by atoms with Gasteiger partial charge in [-0.25, -0.2) is 4.79 Å². The summed E-state index contributed by atoms with van der Waals surface area (Å²) < 4.78 is 4.59. The summed E-state index contributed by atoms with van der Waals surface area (Å²) in [7, 11) is 1.33. The summed E-state index contributed by atoms with van der Waals surface area (Å²) in [4.78, 5) is 21.9. The van der Waals surface area contributed by atoms with E-state index >= 15 is 0 Å². The smallest absolute Gasteiger partial charge is 0.337 e. The molecule has 0 radical (unpaired) electrons. The van der Waals surface area contributed by atoms with E-state index in [1.165, 1.54) is 7.11 Å². The first-order chi connectivity index (χ1) is 8.08. The maximum atomic E-state index is 11.2. The molecule has 0 fully saturated rings. The average molecular weight is 236 g/mol. The van der Waals surface area contributed by atoms with Crippen molar-refractivity contribution in [1.82, 2.24) is 0 Å². The lowest BCUT2D eigenvalue weighted by molar-refractivity contribution is -0.137. The fraction of sp³-hybridized carbons (Fsp3) is 0.385. The molecule has 0 spiro atoms. The molecule has 1 unspecified atom stereocenters. The maximum Gasteiger partial charge on any atom is 0.337 e. The molecule has 4 nitrogen and oxygen atoms in total. The highest BCUT2D eigenvalue weighted by atomic mass is 16.5. The van der Waals surface area contributed by atoms with Gasteiger partial charge in [0.2, 0.25) is 0 Å². The fourth-order valence-corrected chi connectivity index (χ4v) is 1.72. The van der Waals surface area contributed by atoms with Crippen LogP contribution in [0.3, 0.4) is 0 Å². The minimum Gasteiger partial charge on any atom is -0.481 e. The van der Waals surface area contributed by atoms with Gasteiger partial charge in [0.1, 0.15) is 0 Å². The van der Waals surface area contributed by atoms with Crippen molar-refractivity contribution in [2.24, 2.45) is 0 Å². The van der Waals surface area contributed by atoms with Gasteiger partial charge < -0.3 is 9.84 Å². The summed E-state index contributed by atoms with van der Waals surface area (Å²) in [6, 6.07) is 6.88. The van der Waals surface area contributed by atoms with E-state index in [-0.39, 0.29) is 18.3 Å². The first-order valence-corrected chi connectivity index (χ1v) is 5.48. The SMILES string of the molecule is CCC(CC(=O)O)c1ccc(C(=O)OC)cc1. The molecule has 0 aliphatic heterocycles. The Morgan fingerprint density at radius 2 is 1.88 bits per heavy atom. The van der Waals surface area contributed by atoms with Gasteiger partial charge in [-0.1, -0.05) is 19.1 Å². The van der Waals surface area contributed by atoms with Crippen LogP contribution >= 0.6 is 0 Å². The predicted molar refractivity (Wildman–Crippen MR) is 63.1 cm³/mol. The number of methoxy groups -OCH3 is 1. The first kappa shape index (κ1) is 13.2. The van der Waals surface area contributed by atoms with E-state index in [0.29, 0.717) is 5.56 Å². The van der Waals surface area contributed by atoms with Gasteiger partial charge in [-0.05, 0) is 30.0 Å². The Kier molecular flexibility index (Phi) is 4.69. The molecular weight excluding hydrogens is 220 g/mol. The van der Waals surface area contributed by atoms with Crippen LogP contribution in [-0.2, 0) is 9.53 Å². The summed E-state index contributed by atoms with van der Waals surface area (Å²) in [5.41, 5.74) is 1.41. The molecule has 0 heterocycles. The minimum atomic E-state index is -0.811. The van der Waals surface area contributed by atoms with E-state index < -0.39 is 5.97 Å². The van der Waals surface area contributed by atoms with Crippen LogP contribution in [-0.4, -0.2) is 24.2 Å². The largest absolute Gasteiger partial charge is 0.481 e. The number of carbonyl (C=O) groups is 2. The third-order valence-corrected chi connectivity index (χ3v) is 2.72. The molecule has 1 aromatic rings. The van der Waals surface area contributed by atoms with E-state index in [9.17, 15) is 9.59 Å². The monoisotopic (exact) mass is 236 g/mol. The second-order valence-electron chi connectivity index (χ2n) is 3.82. The van der Waals surface area contributed by atoms with E-state index in [2.05, 4.69) is 4.74 Å². The second-order valence-corrected chi connectivity index (χ2v) is 3.82. The molecule has 1 aromatic carbocycles. The van der Waals surface area contributed by atoms with Gasteiger partial charge in [0.25, 0.3) is 0 Å². The molecule has 92 valence electrons. The van der Waals surface area contributed by atoms with Gasteiger partial charge in [0, 0.05) is 0 Å². The van der Waals surface area contributed by atoms with Gasteiger partial charge in [0.05, 0.1) is 19.1 Å². The molecule has 0 aliphatic rings. The Hall–Kier alpha value is -1.84. The molecule has 0 saturated carbocycles. The second kappa shape index (κ2) is 6.03. The number of carbonyl (C=O) groups excluding carboxylic acids is 1. The Labute approximate surface area is 100 Å². The maximum absolute atomic E-state index is 11.2. The molecular formula is C13H16O4. The Morgan fingerprint density at radius 1 is 1.29 bits per heavy atom. The van der Waals surface area contributed by atoms with Crippen LogP contribution in [0.5, 0.6) is 0 Å². The molecule has 0 amide bonds. The summed E-state index contributed by atoms with van der Waals surface area (Å²) in [5, 5.41) is 8.78. The number of carboxylic acid groups (broad SMARTS) is 1. The van der Waals surface area contributed by atoms with Gasteiger partial charge in [-0.3, -0.25) is 4.79 Å². The Balaban J connectivity index is 2.84. The predicted octanol–water partition coefficient (Wildman–Crippen LogP) is 2.44. The highest BCUT2D eigenvalue weighted by Gasteiger charge is 2.14. The number of esters is 1. The van der Waals surface area contributed by atoms with Crippen molar-refractivity contribution in [2.75, 3.05) is 7.11 Å². The molecule has 0 aromatic heterocycles. The third-order valence-electron chi connectivity index (χ3n) is 2.72. The van der Waals surface area contributed by atoms with Crippen molar-refractivity contribution in [2.45, 2.75) is 25.7 Å². The van der Waals surface area contributed by atoms with Crippen LogP contribution < -0.4 is 0 Å². The molecule has 17 heavy (non-hydrogen) atoms. The van der Waals surface area contributed by atoms with Crippen LogP contribution in [0, 0.1) is 0 Å². The zero-order valence-corrected chi connectivity index (χ0v) is 9.97. The normalized spacial score (nSPS) is 11.9. The Bertz CT molecular complexity index is 394. The first-order valence-electron chi connectivity index (χ1n) is 5.48. The summed E-state index contributed by atoms with van der Waals surface area (Å²) >= 11 is 0. The fourth-order valence-electron chi connectivity index (χ4n) is 1.72. The van der Waals surface area contributed by atoms with Crippen LogP contribution in [0.15, 0.2) is 24.3 Å². The average Bonchev–Trinajstić information content (AvgIpc) is 2.35. The summed E-state index contributed by atoms with van der Waals surface area (Å²) in [6.45, 7) is 1.95. The van der Waals surface area contributed by atoms with Gasteiger partial charge >= 0.3 is 11.9 Å². The number of ether oxygens (including phenoxy) is 1. The van der Waals surface area contributed by atoms with Gasteiger partial charge in [0.15, 0.2) is 0 Å². The van der Waals surface area contributed by atoms with Crippen molar-refractivity contribution < 1.29 is 19.4 Å². The van der Waals surface area contributed by atoms with Crippen molar-refractivity contribution >= 4 is 11.9 Å². The van der Waals surface area contributed by atoms with E-state index in [1.54, 1.807) is 24.3 Å². The third kappa shape index (κ3) is 3.59. The number of hydrogen-bond donors (Lipinski definition) is 1. The van der Waals surface area contributed by atoms with Gasteiger partial charge in [-0.15, -0.1) is 0 Å². The van der Waals surface area contributed by atoms with Crippen molar-refractivity contribution in [3.05, 3.63) is 35.4 Å². The number of hydrogen-bond acceptors (Lipinski definition) is 3. The highest BCUT2D eigenvalue weighted by Crippen LogP contribution is 2.23. The summed E-state index contributed by atoms with van der Waals surface area (Å²) in [5.74, 6) is -1.21. The number of benzene rings is 1. The quantitative estimate of drug-likeness (QED) is 0.797. The van der Waals surface area contributed by atoms with E-state index in [0.717, 1.165) is 12.0 Å². The molecule has 1 rings (SSSR count). The molecule has 0 bridgehead atoms. The van der Waals surface area contributed by atoms with Crippen molar-refractivity contribution in [3.8, 4) is 0 Å². The molecule has 0 aliphatic carbocycles. The highest BCUT2D eigenvalue weighted by molar-refractivity contribution is 5.89. The molecule has 0 saturated heterocycles. The number of carboxylic acids is 1. The lowest BCUT2D eigenvalue weighted by Gasteiger charge is -2.12. The molecule has 4 heteroatoms. The minimum absolute atomic E-state index is 0.0146. The van der Waals surface area contributed by atoms with Crippen molar-refractivity contribution in [3.63, 3.8) is 0 Å². The van der Waals surface area contributed by atoms with Gasteiger partial charge in [-0.2, -0.15) is 0 Å². The van der Waals surface area contributed by atoms with Crippen LogP contribution in [0.4, 0.5) is 0 Å². The topological polar surface area (TPSA) is 63.6 Å². The standard InChI is InChI=1S/C13H16O4/c1-3-9(8-12(14)15)10-4-6-11(7-5-10)13(16)17-2/h4-7,9H,3,8H2,1-2H3,(H,14,15). The molecule has 1 N–H and O–H groups in total. The van der Waals surface area contributed by atoms with Crippen LogP contribution in [0.2, 0.25) is 0 Å². The zero-order valence-electron chi connectivity index (χ0n) is 9.97. The van der Waals surface area contributed by atoms with Crippen LogP contribution in [0.25, 0.3) is 0 Å². The van der Waals surface area contributed by atoms with E-state index in [1.807, 2.05) is 6.92 Å².